The molecular formula is C17H17BrN2O4. The molecule has 126 valence electrons. The molecule has 1 aromatic carbocycles. The molecule has 2 amide bonds. The first-order chi connectivity index (χ1) is 11.5. The molecular weight excluding hydrogens is 376 g/mol. The molecule has 2 aromatic rings. The van der Waals surface area contributed by atoms with E-state index in [1.807, 2.05) is 0 Å². The number of amides is 2. The molecule has 0 saturated carbocycles. The minimum absolute atomic E-state index is 0.0672. The Morgan fingerprint density at radius 1 is 1.33 bits per heavy atom. The molecule has 2 rings (SSSR count). The van der Waals surface area contributed by atoms with Crippen LogP contribution in [0.15, 0.2) is 51.6 Å². The Bertz CT molecular complexity index is 755. The van der Waals surface area contributed by atoms with Gasteiger partial charge in [-0.15, -0.1) is 0 Å². The summed E-state index contributed by atoms with van der Waals surface area (Å²) in [5.74, 6) is 0.589. The minimum atomic E-state index is -0.302. The first kappa shape index (κ1) is 17.8. The van der Waals surface area contributed by atoms with Crippen LogP contribution in [0.4, 0.5) is 5.69 Å². The second kappa shape index (κ2) is 8.35. The third-order valence-corrected chi connectivity index (χ3v) is 3.52. The lowest BCUT2D eigenvalue weighted by molar-refractivity contribution is -0.129. The van der Waals surface area contributed by atoms with E-state index < -0.39 is 0 Å². The van der Waals surface area contributed by atoms with Crippen molar-refractivity contribution < 1.29 is 18.7 Å². The molecule has 0 bridgehead atoms. The largest absolute Gasteiger partial charge is 0.497 e. The molecule has 0 atom stereocenters. The number of likely N-dealkylation sites (N-methyl/N-ethyl adjacent to an activating group) is 1. The van der Waals surface area contributed by atoms with Crippen molar-refractivity contribution in [1.82, 2.24) is 4.90 Å². The van der Waals surface area contributed by atoms with Crippen LogP contribution in [0.5, 0.6) is 5.75 Å². The molecule has 7 heteroatoms. The van der Waals surface area contributed by atoms with Crippen molar-refractivity contribution in [3.63, 3.8) is 0 Å². The molecule has 0 radical (unpaired) electrons. The number of nitrogens with one attached hydrogen (secondary N) is 1. The molecule has 0 aliphatic rings. The van der Waals surface area contributed by atoms with Gasteiger partial charge in [0.15, 0.2) is 4.67 Å². The number of ether oxygens (including phenoxy) is 1. The summed E-state index contributed by atoms with van der Waals surface area (Å²) in [6, 6.07) is 10.5. The van der Waals surface area contributed by atoms with Gasteiger partial charge in [-0.25, -0.2) is 0 Å². The zero-order valence-electron chi connectivity index (χ0n) is 13.3. The van der Waals surface area contributed by atoms with Gasteiger partial charge < -0.3 is 19.4 Å². The van der Waals surface area contributed by atoms with Crippen molar-refractivity contribution in [2.75, 3.05) is 26.0 Å². The van der Waals surface area contributed by atoms with E-state index in [9.17, 15) is 9.59 Å². The fourth-order valence-corrected chi connectivity index (χ4v) is 2.21. The summed E-state index contributed by atoms with van der Waals surface area (Å²) in [7, 11) is 3.10. The van der Waals surface area contributed by atoms with E-state index in [1.54, 1.807) is 56.6 Å². The Morgan fingerprint density at radius 3 is 2.79 bits per heavy atom. The van der Waals surface area contributed by atoms with E-state index in [2.05, 4.69) is 21.2 Å². The number of carbonyl (C=O) groups is 2. The van der Waals surface area contributed by atoms with Crippen molar-refractivity contribution in [2.45, 2.75) is 0 Å². The van der Waals surface area contributed by atoms with Crippen molar-refractivity contribution in [3.05, 3.63) is 52.9 Å². The van der Waals surface area contributed by atoms with Crippen molar-refractivity contribution in [3.8, 4) is 5.75 Å². The summed E-state index contributed by atoms with van der Waals surface area (Å²) in [5.41, 5.74) is 0.608. The molecule has 1 N–H and O–H groups in total. The van der Waals surface area contributed by atoms with E-state index in [4.69, 9.17) is 9.15 Å². The summed E-state index contributed by atoms with van der Waals surface area (Å²) in [6.07, 6.45) is 2.90. The molecule has 0 spiro atoms. The molecule has 0 saturated heterocycles. The van der Waals surface area contributed by atoms with Crippen LogP contribution >= 0.6 is 15.9 Å². The highest BCUT2D eigenvalue weighted by atomic mass is 79.9. The summed E-state index contributed by atoms with van der Waals surface area (Å²) in [6.45, 7) is -0.0672. The summed E-state index contributed by atoms with van der Waals surface area (Å²) >= 11 is 3.18. The van der Waals surface area contributed by atoms with Crippen LogP contribution in [0, 0.1) is 0 Å². The summed E-state index contributed by atoms with van der Waals surface area (Å²) < 4.78 is 10.9. The van der Waals surface area contributed by atoms with Gasteiger partial charge in [-0.2, -0.15) is 0 Å². The van der Waals surface area contributed by atoms with Crippen LogP contribution in [-0.2, 0) is 9.59 Å². The highest BCUT2D eigenvalue weighted by Gasteiger charge is 2.11. The van der Waals surface area contributed by atoms with E-state index in [-0.39, 0.29) is 18.4 Å². The van der Waals surface area contributed by atoms with Gasteiger partial charge in [0.2, 0.25) is 11.8 Å². The van der Waals surface area contributed by atoms with E-state index in [0.29, 0.717) is 21.9 Å². The second-order valence-corrected chi connectivity index (χ2v) is 5.73. The number of rotatable bonds is 6. The lowest BCUT2D eigenvalue weighted by Gasteiger charge is -2.15. The second-order valence-electron chi connectivity index (χ2n) is 4.95. The first-order valence-electron chi connectivity index (χ1n) is 7.10. The third kappa shape index (κ3) is 5.27. The van der Waals surface area contributed by atoms with Crippen LogP contribution in [-0.4, -0.2) is 37.4 Å². The molecule has 0 fully saturated rings. The maximum absolute atomic E-state index is 12.0. The quantitative estimate of drug-likeness (QED) is 0.766. The number of anilines is 1. The number of nitrogens with zero attached hydrogens (tertiary/aromatic N) is 1. The minimum Gasteiger partial charge on any atom is -0.497 e. The molecule has 1 aromatic heterocycles. The zero-order chi connectivity index (χ0) is 17.5. The molecule has 6 nitrogen and oxygen atoms in total. The molecule has 0 unspecified atom stereocenters. The molecule has 0 aliphatic heterocycles. The number of furan rings is 1. The maximum Gasteiger partial charge on any atom is 0.246 e. The van der Waals surface area contributed by atoms with Crippen LogP contribution in [0.25, 0.3) is 6.08 Å². The van der Waals surface area contributed by atoms with Crippen molar-refractivity contribution in [2.24, 2.45) is 0 Å². The number of carbonyl (C=O) groups excluding carboxylic acids is 2. The number of hydrogen-bond donors (Lipinski definition) is 1. The van der Waals surface area contributed by atoms with Gasteiger partial charge in [0.1, 0.15) is 11.5 Å². The Morgan fingerprint density at radius 2 is 2.12 bits per heavy atom. The normalized spacial score (nSPS) is 10.6. The maximum atomic E-state index is 12.0. The van der Waals surface area contributed by atoms with Crippen molar-refractivity contribution in [1.29, 1.82) is 0 Å². The van der Waals surface area contributed by atoms with Gasteiger partial charge in [0.25, 0.3) is 0 Å². The summed E-state index contributed by atoms with van der Waals surface area (Å²) in [4.78, 5) is 25.3. The topological polar surface area (TPSA) is 71.8 Å². The average molecular weight is 393 g/mol. The highest BCUT2D eigenvalue weighted by molar-refractivity contribution is 9.10. The van der Waals surface area contributed by atoms with Crippen molar-refractivity contribution >= 4 is 39.5 Å². The monoisotopic (exact) mass is 392 g/mol. The molecule has 1 heterocycles. The van der Waals surface area contributed by atoms with Crippen LogP contribution in [0.2, 0.25) is 0 Å². The van der Waals surface area contributed by atoms with Crippen LogP contribution < -0.4 is 10.1 Å². The fourth-order valence-electron chi connectivity index (χ4n) is 1.89. The lowest BCUT2D eigenvalue weighted by atomic mass is 10.3. The van der Waals surface area contributed by atoms with E-state index in [1.165, 1.54) is 11.0 Å². The Kier molecular flexibility index (Phi) is 6.20. The van der Waals surface area contributed by atoms with Gasteiger partial charge >= 0.3 is 0 Å². The molecule has 24 heavy (non-hydrogen) atoms. The predicted molar refractivity (Wildman–Crippen MR) is 94.7 cm³/mol. The van der Waals surface area contributed by atoms with Gasteiger partial charge in [-0.3, -0.25) is 9.59 Å². The summed E-state index contributed by atoms with van der Waals surface area (Å²) in [5, 5.41) is 2.72. The SMILES string of the molecule is COc1cccc(NC(=O)CN(C)C(=O)/C=C/c2ccc(Br)o2)c1. The zero-order valence-corrected chi connectivity index (χ0v) is 14.9. The lowest BCUT2D eigenvalue weighted by Crippen LogP contribution is -2.33. The number of methoxy groups -OCH3 is 1. The van der Waals surface area contributed by atoms with E-state index in [0.717, 1.165) is 0 Å². The molecule has 0 aliphatic carbocycles. The third-order valence-electron chi connectivity index (χ3n) is 3.09. The van der Waals surface area contributed by atoms with Gasteiger partial charge in [0.05, 0.1) is 13.7 Å². The van der Waals surface area contributed by atoms with Crippen LogP contribution in [0.1, 0.15) is 5.76 Å². The number of hydrogen-bond acceptors (Lipinski definition) is 4. The van der Waals surface area contributed by atoms with Gasteiger partial charge in [-0.1, -0.05) is 6.07 Å². The average Bonchev–Trinajstić information content (AvgIpc) is 2.98. The predicted octanol–water partition coefficient (Wildman–Crippen LogP) is 3.16. The highest BCUT2D eigenvalue weighted by Crippen LogP contribution is 2.17. The Balaban J connectivity index is 1.88. The van der Waals surface area contributed by atoms with Gasteiger partial charge in [-0.05, 0) is 46.3 Å². The van der Waals surface area contributed by atoms with Crippen LogP contribution in [0.3, 0.4) is 0 Å². The smallest absolute Gasteiger partial charge is 0.246 e. The Hall–Kier alpha value is -2.54. The number of halogens is 1. The Labute approximate surface area is 148 Å². The fraction of sp³-hybridized carbons (Fsp3) is 0.176. The first-order valence-corrected chi connectivity index (χ1v) is 7.89. The standard InChI is InChI=1S/C17H17BrN2O4/c1-20(17(22)9-7-13-6-8-15(18)24-13)11-16(21)19-12-4-3-5-14(10-12)23-2/h3-10H,11H2,1-2H3,(H,19,21)/b9-7+. The number of benzene rings is 1. The van der Waals surface area contributed by atoms with E-state index >= 15 is 0 Å². The van der Waals surface area contributed by atoms with Gasteiger partial charge in [0, 0.05) is 24.9 Å².